The van der Waals surface area contributed by atoms with Crippen LogP contribution in [-0.4, -0.2) is 26.8 Å². The molecule has 0 amide bonds. The fourth-order valence-corrected chi connectivity index (χ4v) is 3.33. The van der Waals surface area contributed by atoms with Gasteiger partial charge in [0.25, 0.3) is 0 Å². The molecule has 1 aliphatic heterocycles. The highest BCUT2D eigenvalue weighted by atomic mass is 32.2. The van der Waals surface area contributed by atoms with Gasteiger partial charge >= 0.3 is 0 Å². The Morgan fingerprint density at radius 3 is 2.71 bits per heavy atom. The SMILES string of the molecule is O=S(=O)(CC1CCCN1)NCc1ccccc1. The molecule has 2 N–H and O–H groups in total. The lowest BCUT2D eigenvalue weighted by Crippen LogP contribution is -2.36. The Bertz CT molecular complexity index is 439. The third-order valence-corrected chi connectivity index (χ3v) is 4.35. The highest BCUT2D eigenvalue weighted by Gasteiger charge is 2.21. The molecule has 1 aliphatic rings. The molecule has 17 heavy (non-hydrogen) atoms. The van der Waals surface area contributed by atoms with Crippen LogP contribution in [0.3, 0.4) is 0 Å². The van der Waals surface area contributed by atoms with E-state index in [4.69, 9.17) is 0 Å². The Kier molecular flexibility index (Phi) is 4.15. The Morgan fingerprint density at radius 1 is 1.29 bits per heavy atom. The summed E-state index contributed by atoms with van der Waals surface area (Å²) in [6.45, 7) is 1.30. The van der Waals surface area contributed by atoms with E-state index in [1.807, 2.05) is 30.3 Å². The lowest BCUT2D eigenvalue weighted by molar-refractivity contribution is 0.563. The first-order chi connectivity index (χ1) is 8.16. The molecule has 1 atom stereocenters. The van der Waals surface area contributed by atoms with Gasteiger partial charge in [0, 0.05) is 12.6 Å². The number of hydrogen-bond acceptors (Lipinski definition) is 3. The fourth-order valence-electron chi connectivity index (χ4n) is 2.01. The van der Waals surface area contributed by atoms with Crippen molar-refractivity contribution in [3.63, 3.8) is 0 Å². The Hall–Kier alpha value is -0.910. The standard InChI is InChI=1S/C12H18N2O2S/c15-17(16,10-12-7-4-8-13-12)14-9-11-5-2-1-3-6-11/h1-3,5-6,12-14H,4,7-10H2. The summed E-state index contributed by atoms with van der Waals surface area (Å²) < 4.78 is 26.3. The highest BCUT2D eigenvalue weighted by molar-refractivity contribution is 7.89. The van der Waals surface area contributed by atoms with Gasteiger partial charge < -0.3 is 5.32 Å². The summed E-state index contributed by atoms with van der Waals surface area (Å²) >= 11 is 0. The molecule has 2 rings (SSSR count). The van der Waals surface area contributed by atoms with E-state index in [1.54, 1.807) is 0 Å². The molecular formula is C12H18N2O2S. The van der Waals surface area contributed by atoms with Crippen molar-refractivity contribution < 1.29 is 8.42 Å². The summed E-state index contributed by atoms with van der Waals surface area (Å²) in [6.07, 6.45) is 2.02. The van der Waals surface area contributed by atoms with Crippen LogP contribution >= 0.6 is 0 Å². The Labute approximate surface area is 102 Å². The molecule has 1 aromatic rings. The zero-order valence-corrected chi connectivity index (χ0v) is 10.5. The largest absolute Gasteiger partial charge is 0.313 e. The molecule has 0 aromatic heterocycles. The summed E-state index contributed by atoms with van der Waals surface area (Å²) in [4.78, 5) is 0. The third-order valence-electron chi connectivity index (χ3n) is 2.92. The zero-order chi connectivity index (χ0) is 12.1. The molecule has 1 heterocycles. The van der Waals surface area contributed by atoms with Crippen LogP contribution in [0.4, 0.5) is 0 Å². The molecular weight excluding hydrogens is 236 g/mol. The quantitative estimate of drug-likeness (QED) is 0.819. The van der Waals surface area contributed by atoms with Crippen molar-refractivity contribution in [1.82, 2.24) is 10.0 Å². The van der Waals surface area contributed by atoms with Crippen LogP contribution in [0.1, 0.15) is 18.4 Å². The normalized spacial score (nSPS) is 20.6. The second-order valence-electron chi connectivity index (χ2n) is 4.38. The van der Waals surface area contributed by atoms with Gasteiger partial charge in [-0.25, -0.2) is 13.1 Å². The van der Waals surface area contributed by atoms with Crippen molar-refractivity contribution >= 4 is 10.0 Å². The molecule has 0 aliphatic carbocycles. The summed E-state index contributed by atoms with van der Waals surface area (Å²) in [6, 6.07) is 9.67. The summed E-state index contributed by atoms with van der Waals surface area (Å²) in [5, 5.41) is 3.19. The summed E-state index contributed by atoms with van der Waals surface area (Å²) in [7, 11) is -3.18. The van der Waals surface area contributed by atoms with Crippen LogP contribution in [0.15, 0.2) is 30.3 Å². The van der Waals surface area contributed by atoms with E-state index in [1.165, 1.54) is 0 Å². The van der Waals surface area contributed by atoms with Gasteiger partial charge in [-0.1, -0.05) is 30.3 Å². The van der Waals surface area contributed by atoms with Gasteiger partial charge in [-0.05, 0) is 24.9 Å². The van der Waals surface area contributed by atoms with Gasteiger partial charge in [0.2, 0.25) is 10.0 Å². The van der Waals surface area contributed by atoms with E-state index in [2.05, 4.69) is 10.0 Å². The minimum Gasteiger partial charge on any atom is -0.313 e. The van der Waals surface area contributed by atoms with Gasteiger partial charge in [0.05, 0.1) is 5.75 Å². The maximum Gasteiger partial charge on any atom is 0.213 e. The minimum absolute atomic E-state index is 0.114. The summed E-state index contributed by atoms with van der Waals surface area (Å²) in [5.41, 5.74) is 0.982. The maximum atomic E-state index is 11.8. The van der Waals surface area contributed by atoms with Crippen LogP contribution in [0, 0.1) is 0 Å². The second kappa shape index (κ2) is 5.62. The third kappa shape index (κ3) is 4.11. The van der Waals surface area contributed by atoms with Gasteiger partial charge in [0.1, 0.15) is 0 Å². The molecule has 5 heteroatoms. The summed E-state index contributed by atoms with van der Waals surface area (Å²) in [5.74, 6) is 0.180. The Morgan fingerprint density at radius 2 is 2.06 bits per heavy atom. The average Bonchev–Trinajstić information content (AvgIpc) is 2.80. The molecule has 0 spiro atoms. The Balaban J connectivity index is 1.85. The van der Waals surface area contributed by atoms with Gasteiger partial charge in [-0.2, -0.15) is 0 Å². The number of benzene rings is 1. The van der Waals surface area contributed by atoms with E-state index < -0.39 is 10.0 Å². The number of nitrogens with one attached hydrogen (secondary N) is 2. The molecule has 1 saturated heterocycles. The molecule has 0 radical (unpaired) electrons. The van der Waals surface area contributed by atoms with E-state index in [-0.39, 0.29) is 11.8 Å². The van der Waals surface area contributed by atoms with Gasteiger partial charge in [-0.15, -0.1) is 0 Å². The zero-order valence-electron chi connectivity index (χ0n) is 9.72. The average molecular weight is 254 g/mol. The van der Waals surface area contributed by atoms with Crippen LogP contribution < -0.4 is 10.0 Å². The molecule has 0 saturated carbocycles. The highest BCUT2D eigenvalue weighted by Crippen LogP contribution is 2.07. The predicted molar refractivity (Wildman–Crippen MR) is 68.1 cm³/mol. The maximum absolute atomic E-state index is 11.8. The lowest BCUT2D eigenvalue weighted by atomic mass is 10.2. The molecule has 0 bridgehead atoms. The number of rotatable bonds is 5. The van der Waals surface area contributed by atoms with Crippen molar-refractivity contribution in [3.8, 4) is 0 Å². The fraction of sp³-hybridized carbons (Fsp3) is 0.500. The van der Waals surface area contributed by atoms with E-state index in [0.29, 0.717) is 6.54 Å². The van der Waals surface area contributed by atoms with Crippen molar-refractivity contribution in [2.45, 2.75) is 25.4 Å². The van der Waals surface area contributed by atoms with Crippen LogP contribution in [0.25, 0.3) is 0 Å². The van der Waals surface area contributed by atoms with Gasteiger partial charge in [-0.3, -0.25) is 0 Å². The molecule has 4 nitrogen and oxygen atoms in total. The van der Waals surface area contributed by atoms with Crippen molar-refractivity contribution in [3.05, 3.63) is 35.9 Å². The van der Waals surface area contributed by atoms with Crippen molar-refractivity contribution in [2.24, 2.45) is 0 Å². The van der Waals surface area contributed by atoms with Crippen molar-refractivity contribution in [1.29, 1.82) is 0 Å². The first kappa shape index (κ1) is 12.5. The van der Waals surface area contributed by atoms with E-state index in [9.17, 15) is 8.42 Å². The molecule has 94 valence electrons. The first-order valence-electron chi connectivity index (χ1n) is 5.90. The van der Waals surface area contributed by atoms with Crippen LogP contribution in [0.5, 0.6) is 0 Å². The first-order valence-corrected chi connectivity index (χ1v) is 7.55. The van der Waals surface area contributed by atoms with Crippen LogP contribution in [0.2, 0.25) is 0 Å². The molecule has 1 fully saturated rings. The van der Waals surface area contributed by atoms with E-state index in [0.717, 1.165) is 24.9 Å². The topological polar surface area (TPSA) is 58.2 Å². The van der Waals surface area contributed by atoms with Crippen molar-refractivity contribution in [2.75, 3.05) is 12.3 Å². The van der Waals surface area contributed by atoms with Crippen LogP contribution in [-0.2, 0) is 16.6 Å². The smallest absolute Gasteiger partial charge is 0.213 e. The predicted octanol–water partition coefficient (Wildman–Crippen LogP) is 0.858. The van der Waals surface area contributed by atoms with E-state index >= 15 is 0 Å². The molecule has 1 aromatic carbocycles. The van der Waals surface area contributed by atoms with Gasteiger partial charge in [0.15, 0.2) is 0 Å². The monoisotopic (exact) mass is 254 g/mol. The minimum atomic E-state index is -3.18. The second-order valence-corrected chi connectivity index (χ2v) is 6.23. The lowest BCUT2D eigenvalue weighted by Gasteiger charge is -2.11. The number of hydrogen-bond donors (Lipinski definition) is 2. The molecule has 1 unspecified atom stereocenters. The number of sulfonamides is 1.